The summed E-state index contributed by atoms with van der Waals surface area (Å²) in [6.45, 7) is 4.76. The van der Waals surface area contributed by atoms with Crippen LogP contribution in [0.5, 0.6) is 0 Å². The first-order chi connectivity index (χ1) is 41.6. The van der Waals surface area contributed by atoms with Crippen LogP contribution in [0, 0.1) is 0 Å². The van der Waals surface area contributed by atoms with Gasteiger partial charge in [0.25, 0.3) is 6.29 Å². The molecule has 0 radical (unpaired) electrons. The number of nitrogens with zero attached hydrogens (tertiary/aromatic N) is 1. The van der Waals surface area contributed by atoms with Crippen LogP contribution in [0.2, 0.25) is 0 Å². The fraction of sp³-hybridized carbons (Fsp3) is 0.776. The third-order valence-corrected chi connectivity index (χ3v) is 15.6. The molecule has 0 spiro atoms. The SMILES string of the molecule is CC/C=C\C/C=C\C/C=C\C/C=C\C/C=C\CCCCCCCC(=O)OC(COC(=O)CCCCCCCCCCCCCCCCCCCCCCCCCCCCC/C=C\C/C=C\CCCCCCC)COC(OCC[N+](C)(C)C)C(=O)O. The molecular weight excluding hydrogens is 1050 g/mol. The molecule has 0 aliphatic carbocycles. The van der Waals surface area contributed by atoms with Crippen LogP contribution in [0.1, 0.15) is 322 Å². The number of allylic oxidation sites excluding steroid dienone is 14. The number of carbonyl (C=O) groups is 3. The Bertz CT molecular complexity index is 1670. The zero-order chi connectivity index (χ0) is 61.9. The zero-order valence-corrected chi connectivity index (χ0v) is 56.3. The quantitative estimate of drug-likeness (QED) is 0.0211. The van der Waals surface area contributed by atoms with E-state index in [4.69, 9.17) is 18.9 Å². The van der Waals surface area contributed by atoms with Crippen LogP contribution < -0.4 is 0 Å². The first-order valence-corrected chi connectivity index (χ1v) is 35.8. The third kappa shape index (κ3) is 67.8. The predicted molar refractivity (Wildman–Crippen MR) is 364 cm³/mol. The van der Waals surface area contributed by atoms with Crippen LogP contribution in [0.3, 0.4) is 0 Å². The molecule has 0 amide bonds. The number of ether oxygens (including phenoxy) is 4. The van der Waals surface area contributed by atoms with Gasteiger partial charge >= 0.3 is 17.9 Å². The summed E-state index contributed by atoms with van der Waals surface area (Å²) >= 11 is 0. The van der Waals surface area contributed by atoms with Crippen LogP contribution in [0.15, 0.2) is 85.1 Å². The summed E-state index contributed by atoms with van der Waals surface area (Å²) < 4.78 is 22.9. The van der Waals surface area contributed by atoms with Crippen LogP contribution in [-0.2, 0) is 33.3 Å². The zero-order valence-electron chi connectivity index (χ0n) is 56.3. The minimum Gasteiger partial charge on any atom is -0.477 e. The Labute approximate surface area is 525 Å². The Morgan fingerprint density at radius 3 is 1.00 bits per heavy atom. The lowest BCUT2D eigenvalue weighted by atomic mass is 10.0. The summed E-state index contributed by atoms with van der Waals surface area (Å²) in [5.74, 6) is -2.02. The van der Waals surface area contributed by atoms with Gasteiger partial charge in [-0.1, -0.05) is 304 Å². The Hall–Kier alpha value is -3.53. The second kappa shape index (κ2) is 66.4. The van der Waals surface area contributed by atoms with Crippen molar-refractivity contribution in [3.05, 3.63) is 85.1 Å². The van der Waals surface area contributed by atoms with Gasteiger partial charge in [-0.15, -0.1) is 0 Å². The minimum absolute atomic E-state index is 0.181. The first-order valence-electron chi connectivity index (χ1n) is 35.8. The molecule has 9 nitrogen and oxygen atoms in total. The molecule has 9 heteroatoms. The monoisotopic (exact) mass is 1190 g/mol. The van der Waals surface area contributed by atoms with Crippen molar-refractivity contribution in [1.29, 1.82) is 0 Å². The molecule has 0 aromatic heterocycles. The van der Waals surface area contributed by atoms with E-state index < -0.39 is 24.3 Å². The highest BCUT2D eigenvalue weighted by Gasteiger charge is 2.25. The molecule has 1 N–H and O–H groups in total. The molecular formula is C76H136NO8+. The topological polar surface area (TPSA) is 108 Å². The summed E-state index contributed by atoms with van der Waals surface area (Å²) in [7, 11) is 5.97. The van der Waals surface area contributed by atoms with Crippen molar-refractivity contribution in [3.63, 3.8) is 0 Å². The van der Waals surface area contributed by atoms with E-state index in [9.17, 15) is 19.5 Å². The first kappa shape index (κ1) is 81.5. The molecule has 0 saturated carbocycles. The second-order valence-electron chi connectivity index (χ2n) is 25.2. The number of carboxylic acid groups (broad SMARTS) is 1. The molecule has 0 saturated heterocycles. The largest absolute Gasteiger partial charge is 0.477 e. The lowest BCUT2D eigenvalue weighted by Crippen LogP contribution is -2.40. The number of carboxylic acids is 1. The fourth-order valence-corrected chi connectivity index (χ4v) is 10.2. The van der Waals surface area contributed by atoms with Gasteiger partial charge in [0, 0.05) is 12.8 Å². The van der Waals surface area contributed by atoms with E-state index in [1.165, 1.54) is 199 Å². The van der Waals surface area contributed by atoms with Gasteiger partial charge in [0.15, 0.2) is 6.10 Å². The molecule has 85 heavy (non-hydrogen) atoms. The van der Waals surface area contributed by atoms with Crippen molar-refractivity contribution in [1.82, 2.24) is 0 Å². The van der Waals surface area contributed by atoms with E-state index in [0.717, 1.165) is 89.9 Å². The number of hydrogen-bond acceptors (Lipinski definition) is 7. The van der Waals surface area contributed by atoms with E-state index in [1.807, 2.05) is 21.1 Å². The molecule has 0 bridgehead atoms. The highest BCUT2D eigenvalue weighted by atomic mass is 16.7. The van der Waals surface area contributed by atoms with E-state index in [2.05, 4.69) is 98.9 Å². The van der Waals surface area contributed by atoms with Gasteiger partial charge in [-0.05, 0) is 89.9 Å². The van der Waals surface area contributed by atoms with Crippen molar-refractivity contribution in [2.75, 3.05) is 47.5 Å². The van der Waals surface area contributed by atoms with Gasteiger partial charge in [0.2, 0.25) is 0 Å². The van der Waals surface area contributed by atoms with Gasteiger partial charge in [0.1, 0.15) is 13.2 Å². The summed E-state index contributed by atoms with van der Waals surface area (Å²) in [4.78, 5) is 37.6. The van der Waals surface area contributed by atoms with Crippen molar-refractivity contribution >= 4 is 17.9 Å². The Balaban J connectivity index is 4.00. The van der Waals surface area contributed by atoms with Gasteiger partial charge in [-0.25, -0.2) is 4.79 Å². The second-order valence-corrected chi connectivity index (χ2v) is 25.2. The Morgan fingerprint density at radius 1 is 0.365 bits per heavy atom. The molecule has 0 heterocycles. The highest BCUT2D eigenvalue weighted by molar-refractivity contribution is 5.71. The maximum absolute atomic E-state index is 12.9. The molecule has 0 aliphatic rings. The predicted octanol–water partition coefficient (Wildman–Crippen LogP) is 22.2. The average molecular weight is 1190 g/mol. The van der Waals surface area contributed by atoms with Gasteiger partial charge in [-0.3, -0.25) is 9.59 Å². The molecule has 0 aliphatic heterocycles. The van der Waals surface area contributed by atoms with Crippen molar-refractivity contribution < 1.29 is 42.9 Å². The van der Waals surface area contributed by atoms with Crippen molar-refractivity contribution in [3.8, 4) is 0 Å². The Morgan fingerprint density at radius 2 is 0.671 bits per heavy atom. The number of hydrogen-bond donors (Lipinski definition) is 1. The Kier molecular flexibility index (Phi) is 63.7. The maximum atomic E-state index is 12.9. The summed E-state index contributed by atoms with van der Waals surface area (Å²) in [6, 6.07) is 0. The summed E-state index contributed by atoms with van der Waals surface area (Å²) in [6.07, 6.45) is 87.2. The molecule has 2 unspecified atom stereocenters. The van der Waals surface area contributed by atoms with Crippen LogP contribution in [0.25, 0.3) is 0 Å². The van der Waals surface area contributed by atoms with E-state index in [1.54, 1.807) is 0 Å². The molecule has 492 valence electrons. The lowest BCUT2D eigenvalue weighted by molar-refractivity contribution is -0.870. The molecule has 0 rings (SSSR count). The van der Waals surface area contributed by atoms with Crippen LogP contribution >= 0.6 is 0 Å². The lowest BCUT2D eigenvalue weighted by Gasteiger charge is -2.25. The maximum Gasteiger partial charge on any atom is 0.361 e. The standard InChI is InChI=1S/C76H135NO8/c1-6-8-10-12-14-16-18-20-22-24-26-28-29-30-31-32-33-34-35-36-37-38-39-40-41-42-43-44-45-47-48-50-52-54-56-58-60-62-64-66-73(78)83-70-72(71-84-76(75(80)81)82-69-68-77(3,4)5)85-74(79)67-65-63-61-59-57-55-53-51-49-46-27-25-23-21-19-17-15-13-11-9-7-2/h9,11,15,17-18,20-21,23-24,26-27,46,51,53,72,76H,6-8,10,12-14,16,19,22,25,28-45,47-50,52,54-71H2,1-5H3/p+1/b11-9-,17-15-,20-18-,23-21-,26-24-,46-27-,53-51-. The number of quaternary nitrogens is 1. The number of esters is 2. The average Bonchev–Trinajstić information content (AvgIpc) is 3.48. The number of carbonyl (C=O) groups excluding carboxylic acids is 2. The number of likely N-dealkylation sites (N-methyl/N-ethyl adjacent to an activating group) is 1. The van der Waals surface area contributed by atoms with Gasteiger partial charge in [0.05, 0.1) is 34.4 Å². The van der Waals surface area contributed by atoms with Crippen molar-refractivity contribution in [2.45, 2.75) is 334 Å². The van der Waals surface area contributed by atoms with Crippen LogP contribution in [-0.4, -0.2) is 87.4 Å². The van der Waals surface area contributed by atoms with Gasteiger partial charge in [-0.2, -0.15) is 0 Å². The molecule has 0 aromatic carbocycles. The van der Waals surface area contributed by atoms with Gasteiger partial charge < -0.3 is 28.5 Å². The van der Waals surface area contributed by atoms with E-state index in [0.29, 0.717) is 23.9 Å². The molecule has 0 aromatic rings. The van der Waals surface area contributed by atoms with Crippen molar-refractivity contribution in [2.24, 2.45) is 0 Å². The molecule has 0 fully saturated rings. The number of rotatable bonds is 66. The fourth-order valence-electron chi connectivity index (χ4n) is 10.2. The highest BCUT2D eigenvalue weighted by Crippen LogP contribution is 2.18. The van der Waals surface area contributed by atoms with Crippen LogP contribution in [0.4, 0.5) is 0 Å². The minimum atomic E-state index is -1.52. The van der Waals surface area contributed by atoms with E-state index >= 15 is 0 Å². The summed E-state index contributed by atoms with van der Waals surface area (Å²) in [5, 5.41) is 9.74. The third-order valence-electron chi connectivity index (χ3n) is 15.6. The number of unbranched alkanes of at least 4 members (excludes halogenated alkanes) is 37. The summed E-state index contributed by atoms with van der Waals surface area (Å²) in [5.41, 5.74) is 0. The smallest absolute Gasteiger partial charge is 0.361 e. The normalized spacial score (nSPS) is 13.2. The number of aliphatic carboxylic acids is 1. The molecule has 2 atom stereocenters. The van der Waals surface area contributed by atoms with E-state index in [-0.39, 0.29) is 32.2 Å².